The van der Waals surface area contributed by atoms with Gasteiger partial charge in [0, 0.05) is 31.0 Å². The van der Waals surface area contributed by atoms with Gasteiger partial charge in [-0.1, -0.05) is 31.2 Å². The Morgan fingerprint density at radius 1 is 1.30 bits per heavy atom. The van der Waals surface area contributed by atoms with E-state index in [1.165, 1.54) is 11.1 Å². The van der Waals surface area contributed by atoms with Gasteiger partial charge < -0.3 is 10.2 Å². The normalized spacial score (nSPS) is 15.0. The first kappa shape index (κ1) is 15.5. The molecule has 0 saturated heterocycles. The summed E-state index contributed by atoms with van der Waals surface area (Å²) in [6.07, 6.45) is 3.67. The number of amides is 1. The van der Waals surface area contributed by atoms with Gasteiger partial charge in [0.15, 0.2) is 0 Å². The fourth-order valence-electron chi connectivity index (χ4n) is 2.86. The number of pyridine rings is 1. The van der Waals surface area contributed by atoms with Gasteiger partial charge in [-0.2, -0.15) is 0 Å². The first-order valence-corrected chi connectivity index (χ1v) is 8.26. The summed E-state index contributed by atoms with van der Waals surface area (Å²) in [6.45, 7) is 5.91. The average molecular weight is 309 g/mol. The van der Waals surface area contributed by atoms with E-state index >= 15 is 0 Å². The molecule has 23 heavy (non-hydrogen) atoms. The molecule has 1 aromatic heterocycles. The van der Waals surface area contributed by atoms with E-state index in [4.69, 9.17) is 0 Å². The van der Waals surface area contributed by atoms with E-state index in [2.05, 4.69) is 46.4 Å². The molecule has 1 N–H and O–H groups in total. The molecule has 1 aliphatic rings. The molecule has 0 spiro atoms. The molecule has 3 rings (SSSR count). The van der Waals surface area contributed by atoms with Crippen molar-refractivity contribution in [1.82, 2.24) is 10.3 Å². The molecule has 0 radical (unpaired) electrons. The topological polar surface area (TPSA) is 45.2 Å². The van der Waals surface area contributed by atoms with Crippen molar-refractivity contribution in [1.29, 1.82) is 0 Å². The summed E-state index contributed by atoms with van der Waals surface area (Å²) in [5.41, 5.74) is 4.33. The number of nitrogens with one attached hydrogen (secondary N) is 1. The number of hydrogen-bond donors (Lipinski definition) is 1. The summed E-state index contributed by atoms with van der Waals surface area (Å²) >= 11 is 0. The second-order valence-corrected chi connectivity index (χ2v) is 6.12. The minimum absolute atomic E-state index is 0.0985. The SMILES string of the molecule is CCC(C)NC(=O)c1cc(N2CCc3ccccc3C2)ccn1. The highest BCUT2D eigenvalue weighted by Gasteiger charge is 2.18. The Bertz CT molecular complexity index is 699. The molecule has 2 heterocycles. The predicted octanol–water partition coefficient (Wildman–Crippen LogP) is 3.17. The van der Waals surface area contributed by atoms with Gasteiger partial charge in [0.1, 0.15) is 5.69 Å². The lowest BCUT2D eigenvalue weighted by Gasteiger charge is -2.30. The second-order valence-electron chi connectivity index (χ2n) is 6.12. The van der Waals surface area contributed by atoms with E-state index < -0.39 is 0 Å². The van der Waals surface area contributed by atoms with E-state index in [0.717, 1.165) is 31.6 Å². The summed E-state index contributed by atoms with van der Waals surface area (Å²) < 4.78 is 0. The smallest absolute Gasteiger partial charge is 0.270 e. The zero-order chi connectivity index (χ0) is 16.2. The maximum atomic E-state index is 12.3. The van der Waals surface area contributed by atoms with Crippen LogP contribution in [0, 0.1) is 0 Å². The van der Waals surface area contributed by atoms with Crippen LogP contribution in [-0.2, 0) is 13.0 Å². The zero-order valence-electron chi connectivity index (χ0n) is 13.7. The van der Waals surface area contributed by atoms with Gasteiger partial charge >= 0.3 is 0 Å². The quantitative estimate of drug-likeness (QED) is 0.943. The summed E-state index contributed by atoms with van der Waals surface area (Å²) in [4.78, 5) is 18.8. The number of anilines is 1. The molecule has 0 saturated carbocycles. The molecule has 1 aliphatic heterocycles. The lowest BCUT2D eigenvalue weighted by molar-refractivity contribution is 0.0934. The van der Waals surface area contributed by atoms with Crippen molar-refractivity contribution >= 4 is 11.6 Å². The van der Waals surface area contributed by atoms with Crippen LogP contribution in [0.25, 0.3) is 0 Å². The van der Waals surface area contributed by atoms with Crippen LogP contribution < -0.4 is 10.2 Å². The van der Waals surface area contributed by atoms with Crippen LogP contribution >= 0.6 is 0 Å². The van der Waals surface area contributed by atoms with Crippen molar-refractivity contribution in [3.63, 3.8) is 0 Å². The molecule has 0 fully saturated rings. The van der Waals surface area contributed by atoms with Crippen LogP contribution in [0.5, 0.6) is 0 Å². The highest BCUT2D eigenvalue weighted by Crippen LogP contribution is 2.24. The average Bonchev–Trinajstić information content (AvgIpc) is 2.61. The minimum Gasteiger partial charge on any atom is -0.367 e. The van der Waals surface area contributed by atoms with E-state index in [0.29, 0.717) is 5.69 Å². The lowest BCUT2D eigenvalue weighted by Crippen LogP contribution is -2.33. The highest BCUT2D eigenvalue weighted by atomic mass is 16.1. The van der Waals surface area contributed by atoms with Crippen LogP contribution in [0.15, 0.2) is 42.6 Å². The largest absolute Gasteiger partial charge is 0.367 e. The summed E-state index contributed by atoms with van der Waals surface area (Å²) in [7, 11) is 0. The number of carbonyl (C=O) groups excluding carboxylic acids is 1. The van der Waals surface area contributed by atoms with Crippen molar-refractivity contribution < 1.29 is 4.79 Å². The third-order valence-corrected chi connectivity index (χ3v) is 4.46. The van der Waals surface area contributed by atoms with Gasteiger partial charge in [-0.3, -0.25) is 9.78 Å². The maximum absolute atomic E-state index is 12.3. The van der Waals surface area contributed by atoms with Crippen molar-refractivity contribution in [2.24, 2.45) is 0 Å². The fourth-order valence-corrected chi connectivity index (χ4v) is 2.86. The van der Waals surface area contributed by atoms with Gasteiger partial charge in [-0.15, -0.1) is 0 Å². The molecule has 2 aromatic rings. The van der Waals surface area contributed by atoms with Gasteiger partial charge in [-0.05, 0) is 43.0 Å². The van der Waals surface area contributed by atoms with Gasteiger partial charge in [0.2, 0.25) is 0 Å². The van der Waals surface area contributed by atoms with Gasteiger partial charge in [0.05, 0.1) is 0 Å². The molecule has 1 amide bonds. The predicted molar refractivity (Wildman–Crippen MR) is 92.7 cm³/mol. The van der Waals surface area contributed by atoms with E-state index in [1.807, 2.05) is 19.1 Å². The Hall–Kier alpha value is -2.36. The van der Waals surface area contributed by atoms with E-state index in [-0.39, 0.29) is 11.9 Å². The Morgan fingerprint density at radius 3 is 2.87 bits per heavy atom. The number of rotatable bonds is 4. The summed E-state index contributed by atoms with van der Waals surface area (Å²) in [5, 5.41) is 2.97. The van der Waals surface area contributed by atoms with E-state index in [1.54, 1.807) is 6.20 Å². The first-order valence-electron chi connectivity index (χ1n) is 8.26. The molecule has 0 bridgehead atoms. The standard InChI is InChI=1S/C19H23N3O/c1-3-14(2)21-19(23)18-12-17(8-10-20-18)22-11-9-15-6-4-5-7-16(15)13-22/h4-8,10,12,14H,3,9,11,13H2,1-2H3,(H,21,23). The monoisotopic (exact) mass is 309 g/mol. The van der Waals surface area contributed by atoms with E-state index in [9.17, 15) is 4.79 Å². The molecular weight excluding hydrogens is 286 g/mol. The second kappa shape index (κ2) is 6.82. The molecule has 120 valence electrons. The number of hydrogen-bond acceptors (Lipinski definition) is 3. The third kappa shape index (κ3) is 3.52. The zero-order valence-corrected chi connectivity index (χ0v) is 13.7. The molecule has 1 aromatic carbocycles. The van der Waals surface area contributed by atoms with Crippen LogP contribution in [0.1, 0.15) is 41.9 Å². The Balaban J connectivity index is 1.77. The van der Waals surface area contributed by atoms with Crippen LogP contribution in [0.3, 0.4) is 0 Å². The molecule has 1 unspecified atom stereocenters. The highest BCUT2D eigenvalue weighted by molar-refractivity contribution is 5.93. The van der Waals surface area contributed by atoms with Gasteiger partial charge in [0.25, 0.3) is 5.91 Å². The number of nitrogens with zero attached hydrogens (tertiary/aromatic N) is 2. The van der Waals surface area contributed by atoms with Crippen LogP contribution in [0.2, 0.25) is 0 Å². The van der Waals surface area contributed by atoms with Crippen LogP contribution in [-0.4, -0.2) is 23.5 Å². The van der Waals surface area contributed by atoms with Crippen molar-refractivity contribution in [3.8, 4) is 0 Å². The van der Waals surface area contributed by atoms with Crippen molar-refractivity contribution in [2.75, 3.05) is 11.4 Å². The lowest BCUT2D eigenvalue weighted by atomic mass is 9.99. The molecule has 4 nitrogen and oxygen atoms in total. The van der Waals surface area contributed by atoms with Crippen molar-refractivity contribution in [2.45, 2.75) is 39.3 Å². The van der Waals surface area contributed by atoms with Crippen molar-refractivity contribution in [3.05, 3.63) is 59.4 Å². The first-order chi connectivity index (χ1) is 11.2. The number of carbonyl (C=O) groups is 1. The Morgan fingerprint density at radius 2 is 2.09 bits per heavy atom. The fraction of sp³-hybridized carbons (Fsp3) is 0.368. The summed E-state index contributed by atoms with van der Waals surface area (Å²) in [6, 6.07) is 12.6. The Kier molecular flexibility index (Phi) is 4.60. The van der Waals surface area contributed by atoms with Gasteiger partial charge in [-0.25, -0.2) is 0 Å². The molecule has 4 heteroatoms. The molecule has 1 atom stereocenters. The maximum Gasteiger partial charge on any atom is 0.270 e. The summed E-state index contributed by atoms with van der Waals surface area (Å²) in [5.74, 6) is -0.0985. The minimum atomic E-state index is -0.0985. The number of fused-ring (bicyclic) bond motifs is 1. The molecule has 0 aliphatic carbocycles. The molecular formula is C19H23N3O. The number of benzene rings is 1. The van der Waals surface area contributed by atoms with Crippen LogP contribution in [0.4, 0.5) is 5.69 Å². The Labute approximate surface area is 137 Å². The number of aromatic nitrogens is 1. The third-order valence-electron chi connectivity index (χ3n) is 4.46.